The minimum atomic E-state index is -3.60. The number of anilines is 1. The fourth-order valence-electron chi connectivity index (χ4n) is 2.30. The van der Waals surface area contributed by atoms with E-state index in [4.69, 9.17) is 0 Å². The lowest BCUT2D eigenvalue weighted by Gasteiger charge is -2.19. The summed E-state index contributed by atoms with van der Waals surface area (Å²) in [6, 6.07) is 1.58. The summed E-state index contributed by atoms with van der Waals surface area (Å²) in [5, 5.41) is 12.2. The van der Waals surface area contributed by atoms with Crippen LogP contribution in [0.5, 0.6) is 0 Å². The number of pyridine rings is 1. The molecular formula is C13H20BrN3O3S. The van der Waals surface area contributed by atoms with Gasteiger partial charge < -0.3 is 10.4 Å². The van der Waals surface area contributed by atoms with Gasteiger partial charge in [-0.15, -0.1) is 0 Å². The molecule has 0 amide bonds. The van der Waals surface area contributed by atoms with Crippen LogP contribution in [0.3, 0.4) is 0 Å². The molecule has 2 N–H and O–H groups in total. The maximum Gasteiger partial charge on any atom is 0.246 e. The van der Waals surface area contributed by atoms with Gasteiger partial charge in [0.1, 0.15) is 10.7 Å². The summed E-state index contributed by atoms with van der Waals surface area (Å²) in [5.41, 5.74) is 0. The molecule has 0 saturated carbocycles. The molecule has 2 rings (SSSR count). The van der Waals surface area contributed by atoms with E-state index in [1.165, 1.54) is 4.31 Å². The van der Waals surface area contributed by atoms with Crippen LogP contribution in [0.2, 0.25) is 0 Å². The highest BCUT2D eigenvalue weighted by molar-refractivity contribution is 9.10. The predicted octanol–water partition coefficient (Wildman–Crippen LogP) is 1.67. The van der Waals surface area contributed by atoms with Crippen LogP contribution < -0.4 is 5.32 Å². The van der Waals surface area contributed by atoms with E-state index in [-0.39, 0.29) is 17.4 Å². The Bertz CT molecular complexity index is 594. The maximum absolute atomic E-state index is 12.8. The van der Waals surface area contributed by atoms with Gasteiger partial charge in [-0.05, 0) is 40.8 Å². The molecule has 1 aliphatic rings. The lowest BCUT2D eigenvalue weighted by Crippen LogP contribution is -2.30. The number of rotatable bonds is 6. The van der Waals surface area contributed by atoms with E-state index in [1.807, 2.05) is 6.92 Å². The molecule has 1 atom stereocenters. The van der Waals surface area contributed by atoms with E-state index in [0.29, 0.717) is 36.3 Å². The molecule has 0 radical (unpaired) electrons. The summed E-state index contributed by atoms with van der Waals surface area (Å²) < 4.78 is 27.6. The Morgan fingerprint density at radius 2 is 2.33 bits per heavy atom. The van der Waals surface area contributed by atoms with Gasteiger partial charge in [-0.3, -0.25) is 0 Å². The Balaban J connectivity index is 2.32. The number of sulfonamides is 1. The third-order valence-corrected chi connectivity index (χ3v) is 5.80. The molecule has 8 heteroatoms. The molecule has 1 aliphatic heterocycles. The zero-order chi connectivity index (χ0) is 15.5. The lowest BCUT2D eigenvalue weighted by atomic mass is 10.1. The molecule has 2 heterocycles. The number of aliphatic hydroxyl groups is 1. The topological polar surface area (TPSA) is 82.5 Å². The van der Waals surface area contributed by atoms with E-state index in [2.05, 4.69) is 26.2 Å². The van der Waals surface area contributed by atoms with Crippen LogP contribution in [0.25, 0.3) is 0 Å². The monoisotopic (exact) mass is 377 g/mol. The van der Waals surface area contributed by atoms with Gasteiger partial charge in [0.2, 0.25) is 10.0 Å². The van der Waals surface area contributed by atoms with E-state index < -0.39 is 10.0 Å². The van der Waals surface area contributed by atoms with Gasteiger partial charge in [-0.1, -0.05) is 6.92 Å². The molecule has 0 bridgehead atoms. The third-order valence-electron chi connectivity index (χ3n) is 3.49. The molecule has 1 aromatic rings. The minimum absolute atomic E-state index is 0.0176. The molecule has 1 unspecified atom stereocenters. The second kappa shape index (κ2) is 7.04. The van der Waals surface area contributed by atoms with E-state index in [0.717, 1.165) is 6.42 Å². The molecule has 6 nitrogen and oxygen atoms in total. The lowest BCUT2D eigenvalue weighted by molar-refractivity contribution is 0.233. The smallest absolute Gasteiger partial charge is 0.246 e. The summed E-state index contributed by atoms with van der Waals surface area (Å²) in [4.78, 5) is 4.36. The maximum atomic E-state index is 12.8. The Morgan fingerprint density at radius 1 is 1.57 bits per heavy atom. The first-order valence-corrected chi connectivity index (χ1v) is 9.22. The number of halogens is 1. The van der Waals surface area contributed by atoms with Gasteiger partial charge in [-0.25, -0.2) is 13.4 Å². The molecule has 0 spiro atoms. The van der Waals surface area contributed by atoms with Gasteiger partial charge in [0.15, 0.2) is 0 Å². The quantitative estimate of drug-likeness (QED) is 0.787. The van der Waals surface area contributed by atoms with Crippen molar-refractivity contribution in [3.05, 3.63) is 16.7 Å². The van der Waals surface area contributed by atoms with Crippen molar-refractivity contribution in [2.24, 2.45) is 5.92 Å². The highest BCUT2D eigenvalue weighted by atomic mass is 79.9. The van der Waals surface area contributed by atoms with Crippen molar-refractivity contribution in [1.29, 1.82) is 0 Å². The van der Waals surface area contributed by atoms with Gasteiger partial charge in [-0.2, -0.15) is 4.31 Å². The average molecular weight is 378 g/mol. The van der Waals surface area contributed by atoms with Crippen LogP contribution in [0.4, 0.5) is 5.82 Å². The number of hydrogen-bond donors (Lipinski definition) is 2. The summed E-state index contributed by atoms with van der Waals surface area (Å²) in [6.07, 6.45) is 3.15. The summed E-state index contributed by atoms with van der Waals surface area (Å²) in [6.45, 7) is 3.48. The normalized spacial score (nSPS) is 19.9. The molecule has 21 heavy (non-hydrogen) atoms. The van der Waals surface area contributed by atoms with Crippen molar-refractivity contribution < 1.29 is 13.5 Å². The van der Waals surface area contributed by atoms with Crippen LogP contribution in [-0.4, -0.2) is 49.1 Å². The first-order valence-electron chi connectivity index (χ1n) is 6.99. The van der Waals surface area contributed by atoms with Crippen molar-refractivity contribution in [3.63, 3.8) is 0 Å². The molecule has 1 aromatic heterocycles. The highest BCUT2D eigenvalue weighted by Crippen LogP contribution is 2.29. The van der Waals surface area contributed by atoms with Crippen molar-refractivity contribution in [2.45, 2.75) is 24.7 Å². The summed E-state index contributed by atoms with van der Waals surface area (Å²) in [5.74, 6) is 0.402. The van der Waals surface area contributed by atoms with Crippen LogP contribution in [0.15, 0.2) is 21.6 Å². The number of aliphatic hydroxyl groups excluding tert-OH is 1. The van der Waals surface area contributed by atoms with Crippen molar-refractivity contribution >= 4 is 31.8 Å². The Hall–Kier alpha value is -0.700. The zero-order valence-corrected chi connectivity index (χ0v) is 14.3. The molecule has 0 aliphatic carbocycles. The summed E-state index contributed by atoms with van der Waals surface area (Å²) in [7, 11) is -3.60. The van der Waals surface area contributed by atoms with Crippen LogP contribution in [0, 0.1) is 5.92 Å². The first kappa shape index (κ1) is 16.7. The van der Waals surface area contributed by atoms with Crippen LogP contribution >= 0.6 is 15.9 Å². The van der Waals surface area contributed by atoms with Gasteiger partial charge in [0, 0.05) is 36.9 Å². The number of nitrogens with one attached hydrogen (secondary N) is 1. The predicted molar refractivity (Wildman–Crippen MR) is 84.7 cm³/mol. The standard InChI is InChI=1S/C13H20BrN3O3S/c1-2-4-15-13-12(6-11(14)7-16-13)21(19,20)17-5-3-10(8-17)9-18/h6-7,10,18H,2-5,8-9H2,1H3,(H,15,16). The Kier molecular flexibility index (Phi) is 5.59. The Labute approximate surface area is 133 Å². The molecular weight excluding hydrogens is 358 g/mol. The molecule has 1 fully saturated rings. The minimum Gasteiger partial charge on any atom is -0.396 e. The molecule has 118 valence electrons. The highest BCUT2D eigenvalue weighted by Gasteiger charge is 2.34. The fourth-order valence-corrected chi connectivity index (χ4v) is 4.46. The SMILES string of the molecule is CCCNc1ncc(Br)cc1S(=O)(=O)N1CCC(CO)C1. The molecule has 1 saturated heterocycles. The zero-order valence-electron chi connectivity index (χ0n) is 11.9. The van der Waals surface area contributed by atoms with Crippen LogP contribution in [0.1, 0.15) is 19.8 Å². The summed E-state index contributed by atoms with van der Waals surface area (Å²) >= 11 is 3.28. The van der Waals surface area contributed by atoms with Crippen molar-refractivity contribution in [2.75, 3.05) is 31.6 Å². The molecule has 0 aromatic carbocycles. The van der Waals surface area contributed by atoms with Crippen LogP contribution in [-0.2, 0) is 10.0 Å². The van der Waals surface area contributed by atoms with Gasteiger partial charge >= 0.3 is 0 Å². The average Bonchev–Trinajstić information content (AvgIpc) is 2.95. The van der Waals surface area contributed by atoms with E-state index in [9.17, 15) is 13.5 Å². The number of nitrogens with zero attached hydrogens (tertiary/aromatic N) is 2. The van der Waals surface area contributed by atoms with Gasteiger partial charge in [0.05, 0.1) is 0 Å². The largest absolute Gasteiger partial charge is 0.396 e. The van der Waals surface area contributed by atoms with Crippen molar-refractivity contribution in [3.8, 4) is 0 Å². The second-order valence-electron chi connectivity index (χ2n) is 5.13. The second-order valence-corrected chi connectivity index (χ2v) is 7.95. The third kappa shape index (κ3) is 3.74. The van der Waals surface area contributed by atoms with Crippen molar-refractivity contribution in [1.82, 2.24) is 9.29 Å². The number of aromatic nitrogens is 1. The van der Waals surface area contributed by atoms with E-state index in [1.54, 1.807) is 12.3 Å². The number of hydrogen-bond acceptors (Lipinski definition) is 5. The Morgan fingerprint density at radius 3 is 2.95 bits per heavy atom. The van der Waals surface area contributed by atoms with E-state index >= 15 is 0 Å². The first-order chi connectivity index (χ1) is 9.98. The fraction of sp³-hybridized carbons (Fsp3) is 0.615. The van der Waals surface area contributed by atoms with Gasteiger partial charge in [0.25, 0.3) is 0 Å².